The molecule has 2 aromatic carbocycles. The van der Waals surface area contributed by atoms with Gasteiger partial charge in [-0.3, -0.25) is 4.31 Å². The third kappa shape index (κ3) is 3.82. The van der Waals surface area contributed by atoms with Crippen LogP contribution < -0.4 is 14.7 Å². The number of aromatic amines is 1. The van der Waals surface area contributed by atoms with Gasteiger partial charge in [-0.05, 0) is 48.9 Å². The number of carboxylic acid groups (broad SMARTS) is 1. The van der Waals surface area contributed by atoms with E-state index in [0.717, 1.165) is 4.57 Å². The summed E-state index contributed by atoms with van der Waals surface area (Å²) in [6.45, 7) is 2.21. The molecule has 1 aliphatic rings. The van der Waals surface area contributed by atoms with Crippen LogP contribution in [0, 0.1) is 6.92 Å². The number of carboxylic acids is 1. The fourth-order valence-corrected chi connectivity index (χ4v) is 5.80. The standard InChI is InChI=1S/C23H19ClN4O6S/c1-13-11-16(22(29)30)25-21-20(13)26-23(31)28(21)18-12-14(7-8-15(18)24)35(32,33)27-9-4-10-34-19-6-3-2-5-17(19)27/h2-3,5-8,11-12H,4,9-10H2,1H3,(H,26,31)(H,29,30). The normalized spacial score (nSPS) is 13.8. The van der Waals surface area contributed by atoms with Crippen molar-refractivity contribution in [3.05, 3.63) is 75.3 Å². The number of H-pyrrole nitrogens is 1. The summed E-state index contributed by atoms with van der Waals surface area (Å²) in [5.74, 6) is -0.809. The first-order valence-corrected chi connectivity index (χ1v) is 12.4. The van der Waals surface area contributed by atoms with Gasteiger partial charge in [0.05, 0.1) is 33.4 Å². The highest BCUT2D eigenvalue weighted by Crippen LogP contribution is 2.35. The highest BCUT2D eigenvalue weighted by Gasteiger charge is 2.30. The largest absolute Gasteiger partial charge is 0.491 e. The molecule has 0 amide bonds. The number of benzene rings is 2. The minimum Gasteiger partial charge on any atom is -0.491 e. The minimum atomic E-state index is -4.07. The number of hydrogen-bond donors (Lipinski definition) is 2. The second kappa shape index (κ2) is 8.43. The zero-order valence-electron chi connectivity index (χ0n) is 18.4. The van der Waals surface area contributed by atoms with Gasteiger partial charge in [0.1, 0.15) is 5.75 Å². The molecule has 0 spiro atoms. The molecule has 35 heavy (non-hydrogen) atoms. The second-order valence-corrected chi connectivity index (χ2v) is 10.2. The van der Waals surface area contributed by atoms with Crippen LogP contribution in [-0.4, -0.2) is 47.2 Å². The van der Waals surface area contributed by atoms with Gasteiger partial charge >= 0.3 is 11.7 Å². The molecule has 0 saturated carbocycles. The van der Waals surface area contributed by atoms with E-state index in [-0.39, 0.29) is 33.5 Å². The number of nitrogens with one attached hydrogen (secondary N) is 1. The number of imidazole rings is 1. The third-order valence-corrected chi connectivity index (χ3v) is 7.84. The summed E-state index contributed by atoms with van der Waals surface area (Å²) in [6, 6.07) is 12.2. The van der Waals surface area contributed by atoms with Crippen LogP contribution in [0.4, 0.5) is 5.69 Å². The van der Waals surface area contributed by atoms with Crippen LogP contribution in [0.2, 0.25) is 5.02 Å². The van der Waals surface area contributed by atoms with Gasteiger partial charge in [0.25, 0.3) is 10.0 Å². The Bertz CT molecular complexity index is 1660. The highest BCUT2D eigenvalue weighted by molar-refractivity contribution is 7.92. The molecule has 0 fully saturated rings. The molecule has 0 aliphatic carbocycles. The van der Waals surface area contributed by atoms with Crippen molar-refractivity contribution >= 4 is 44.4 Å². The van der Waals surface area contributed by atoms with Crippen LogP contribution in [-0.2, 0) is 10.0 Å². The second-order valence-electron chi connectivity index (χ2n) is 7.95. The number of sulfonamides is 1. The lowest BCUT2D eigenvalue weighted by Crippen LogP contribution is -2.31. The summed E-state index contributed by atoms with van der Waals surface area (Å²) in [4.78, 5) is 31.1. The van der Waals surface area contributed by atoms with Crippen molar-refractivity contribution in [1.82, 2.24) is 14.5 Å². The molecule has 4 aromatic rings. The summed E-state index contributed by atoms with van der Waals surface area (Å²) in [6.07, 6.45) is 0.484. The van der Waals surface area contributed by atoms with Crippen LogP contribution in [0.15, 0.2) is 58.2 Å². The van der Waals surface area contributed by atoms with E-state index in [0.29, 0.717) is 35.5 Å². The van der Waals surface area contributed by atoms with Gasteiger partial charge in [-0.25, -0.2) is 27.6 Å². The summed E-state index contributed by atoms with van der Waals surface area (Å²) in [5, 5.41) is 9.50. The zero-order valence-corrected chi connectivity index (χ0v) is 19.9. The predicted octanol–water partition coefficient (Wildman–Crippen LogP) is 3.35. The van der Waals surface area contributed by atoms with Crippen molar-refractivity contribution in [2.24, 2.45) is 0 Å². The van der Waals surface area contributed by atoms with Crippen molar-refractivity contribution in [2.45, 2.75) is 18.2 Å². The Morgan fingerprint density at radius 1 is 1.17 bits per heavy atom. The lowest BCUT2D eigenvalue weighted by Gasteiger charge is -2.24. The third-order valence-electron chi connectivity index (χ3n) is 5.71. The first-order chi connectivity index (χ1) is 16.7. The van der Waals surface area contributed by atoms with Gasteiger partial charge < -0.3 is 14.8 Å². The van der Waals surface area contributed by atoms with Gasteiger partial charge in [0, 0.05) is 13.0 Å². The fraction of sp³-hybridized carbons (Fsp3) is 0.174. The Kier molecular flexibility index (Phi) is 5.53. The number of aromatic nitrogens is 3. The van der Waals surface area contributed by atoms with E-state index in [1.165, 1.54) is 28.6 Å². The molecule has 2 N–H and O–H groups in total. The van der Waals surface area contributed by atoms with Crippen molar-refractivity contribution in [3.63, 3.8) is 0 Å². The average Bonchev–Trinajstić information content (AvgIpc) is 3.00. The van der Waals surface area contributed by atoms with Crippen LogP contribution >= 0.6 is 11.6 Å². The number of rotatable bonds is 4. The Hall–Kier alpha value is -3.83. The smallest absolute Gasteiger partial charge is 0.354 e. The molecule has 12 heteroatoms. The van der Waals surface area contributed by atoms with E-state index >= 15 is 0 Å². The maximum absolute atomic E-state index is 13.7. The van der Waals surface area contributed by atoms with E-state index < -0.39 is 21.7 Å². The molecule has 0 saturated heterocycles. The number of aromatic carboxylic acids is 1. The van der Waals surface area contributed by atoms with E-state index in [1.807, 2.05) is 0 Å². The predicted molar refractivity (Wildman–Crippen MR) is 129 cm³/mol. The number of pyridine rings is 1. The number of fused-ring (bicyclic) bond motifs is 2. The lowest BCUT2D eigenvalue weighted by molar-refractivity contribution is 0.0690. The first kappa shape index (κ1) is 22.9. The average molecular weight is 515 g/mol. The van der Waals surface area contributed by atoms with Crippen LogP contribution in [0.3, 0.4) is 0 Å². The van der Waals surface area contributed by atoms with Crippen molar-refractivity contribution in [1.29, 1.82) is 0 Å². The number of hydrogen-bond acceptors (Lipinski definition) is 6. The van der Waals surface area contributed by atoms with Crippen molar-refractivity contribution in [2.75, 3.05) is 17.5 Å². The number of ether oxygens (including phenoxy) is 1. The Labute approximate surface area is 204 Å². The molecular weight excluding hydrogens is 496 g/mol. The summed E-state index contributed by atoms with van der Waals surface area (Å²) < 4.78 is 35.5. The number of para-hydroxylation sites is 2. The number of anilines is 1. The van der Waals surface area contributed by atoms with E-state index in [4.69, 9.17) is 16.3 Å². The summed E-state index contributed by atoms with van der Waals surface area (Å²) in [7, 11) is -4.07. The van der Waals surface area contributed by atoms with Crippen molar-refractivity contribution < 1.29 is 23.1 Å². The van der Waals surface area contributed by atoms with E-state index in [9.17, 15) is 23.1 Å². The topological polar surface area (TPSA) is 135 Å². The molecule has 0 unspecified atom stereocenters. The highest BCUT2D eigenvalue weighted by atomic mass is 35.5. The van der Waals surface area contributed by atoms with Crippen molar-refractivity contribution in [3.8, 4) is 11.4 Å². The van der Waals surface area contributed by atoms with Gasteiger partial charge in [0.15, 0.2) is 11.3 Å². The van der Waals surface area contributed by atoms with E-state index in [1.54, 1.807) is 31.2 Å². The molecule has 0 bridgehead atoms. The molecule has 5 rings (SSSR count). The summed E-state index contributed by atoms with van der Waals surface area (Å²) in [5.41, 5.74) is 0.406. The van der Waals surface area contributed by atoms with Gasteiger partial charge in [-0.1, -0.05) is 23.7 Å². The first-order valence-electron chi connectivity index (χ1n) is 10.6. The Morgan fingerprint density at radius 3 is 2.71 bits per heavy atom. The number of aryl methyl sites for hydroxylation is 1. The molecule has 1 aliphatic heterocycles. The molecule has 2 aromatic heterocycles. The lowest BCUT2D eigenvalue weighted by atomic mass is 10.2. The van der Waals surface area contributed by atoms with E-state index in [2.05, 4.69) is 9.97 Å². The van der Waals surface area contributed by atoms with Gasteiger partial charge in [-0.15, -0.1) is 0 Å². The Morgan fingerprint density at radius 2 is 1.94 bits per heavy atom. The number of carbonyl (C=O) groups is 1. The van der Waals surface area contributed by atoms with Gasteiger partial charge in [0.2, 0.25) is 0 Å². The molecule has 0 radical (unpaired) electrons. The monoisotopic (exact) mass is 514 g/mol. The fourth-order valence-electron chi connectivity index (χ4n) is 4.06. The minimum absolute atomic E-state index is 0.0253. The Balaban J connectivity index is 1.70. The quantitative estimate of drug-likeness (QED) is 0.426. The number of halogens is 1. The molecule has 0 atom stereocenters. The van der Waals surface area contributed by atoms with Crippen LogP contribution in [0.1, 0.15) is 22.5 Å². The molecule has 3 heterocycles. The molecule has 180 valence electrons. The maximum Gasteiger partial charge on any atom is 0.354 e. The SMILES string of the molecule is Cc1cc(C(=O)O)nc2c1[nH]c(=O)n2-c1cc(S(=O)(=O)N2CCCOc3ccccc32)ccc1Cl. The van der Waals surface area contributed by atoms with Gasteiger partial charge in [-0.2, -0.15) is 0 Å². The molecular formula is C23H19ClN4O6S. The number of nitrogens with zero attached hydrogens (tertiary/aromatic N) is 3. The zero-order chi connectivity index (χ0) is 24.9. The maximum atomic E-state index is 13.7. The van der Waals surface area contributed by atoms with Crippen LogP contribution in [0.25, 0.3) is 16.9 Å². The van der Waals surface area contributed by atoms with Crippen LogP contribution in [0.5, 0.6) is 5.75 Å². The molecule has 10 nitrogen and oxygen atoms in total. The summed E-state index contributed by atoms with van der Waals surface area (Å²) >= 11 is 6.40.